The molecule has 0 amide bonds. The number of rotatable bonds is 4. The molecule has 1 saturated carbocycles. The van der Waals surface area contributed by atoms with Crippen LogP contribution in [0.25, 0.3) is 0 Å². The fourth-order valence-corrected chi connectivity index (χ4v) is 3.42. The lowest BCUT2D eigenvalue weighted by atomic mass is 9.87. The summed E-state index contributed by atoms with van der Waals surface area (Å²) in [4.78, 5) is 0. The number of hydrogen-bond donors (Lipinski definition) is 1. The topological polar surface area (TPSA) is 12.0 Å². The summed E-state index contributed by atoms with van der Waals surface area (Å²) in [7, 11) is 0. The summed E-state index contributed by atoms with van der Waals surface area (Å²) >= 11 is 1.80. The zero-order chi connectivity index (χ0) is 11.4. The molecular formula is C14H23NS. The highest BCUT2D eigenvalue weighted by molar-refractivity contribution is 7.07. The summed E-state index contributed by atoms with van der Waals surface area (Å²) in [5.41, 5.74) is 1.49. The molecule has 16 heavy (non-hydrogen) atoms. The maximum absolute atomic E-state index is 3.74. The Morgan fingerprint density at radius 3 is 3.06 bits per heavy atom. The van der Waals surface area contributed by atoms with Crippen LogP contribution < -0.4 is 5.32 Å². The van der Waals surface area contributed by atoms with E-state index in [-0.39, 0.29) is 0 Å². The molecule has 1 aliphatic rings. The first kappa shape index (κ1) is 12.1. The van der Waals surface area contributed by atoms with Gasteiger partial charge in [-0.25, -0.2) is 0 Å². The van der Waals surface area contributed by atoms with Crippen LogP contribution in [0, 0.1) is 5.92 Å². The van der Waals surface area contributed by atoms with Crippen LogP contribution in [0.4, 0.5) is 0 Å². The van der Waals surface area contributed by atoms with Crippen LogP contribution in [0.3, 0.4) is 0 Å². The van der Waals surface area contributed by atoms with E-state index in [1.165, 1.54) is 31.2 Å². The lowest BCUT2D eigenvalue weighted by Crippen LogP contribution is -2.35. The zero-order valence-electron chi connectivity index (χ0n) is 10.4. The quantitative estimate of drug-likeness (QED) is 0.834. The van der Waals surface area contributed by atoms with Gasteiger partial charge in [-0.1, -0.05) is 26.7 Å². The van der Waals surface area contributed by atoms with Gasteiger partial charge >= 0.3 is 0 Å². The van der Waals surface area contributed by atoms with Crippen molar-refractivity contribution in [3.63, 3.8) is 0 Å². The number of thiophene rings is 1. The first-order valence-corrected chi connectivity index (χ1v) is 7.45. The minimum absolute atomic E-state index is 0.656. The van der Waals surface area contributed by atoms with Crippen LogP contribution in [-0.4, -0.2) is 12.6 Å². The number of nitrogens with one attached hydrogen (secondary N) is 1. The second-order valence-corrected chi connectivity index (χ2v) is 6.11. The van der Waals surface area contributed by atoms with Crippen LogP contribution in [0.5, 0.6) is 0 Å². The predicted octanol–water partition coefficient (Wildman–Crippen LogP) is 4.02. The van der Waals surface area contributed by atoms with E-state index in [1.54, 1.807) is 11.3 Å². The van der Waals surface area contributed by atoms with Gasteiger partial charge in [0.2, 0.25) is 0 Å². The van der Waals surface area contributed by atoms with E-state index in [4.69, 9.17) is 0 Å². The van der Waals surface area contributed by atoms with Crippen LogP contribution in [0.15, 0.2) is 16.8 Å². The molecule has 1 aromatic rings. The third-order valence-corrected chi connectivity index (χ3v) is 4.46. The maximum atomic E-state index is 3.74. The molecule has 1 fully saturated rings. The molecule has 0 radical (unpaired) electrons. The summed E-state index contributed by atoms with van der Waals surface area (Å²) in [6.07, 6.45) is 5.58. The Kier molecular flexibility index (Phi) is 4.42. The summed E-state index contributed by atoms with van der Waals surface area (Å²) in [5.74, 6) is 1.58. The van der Waals surface area contributed by atoms with Gasteiger partial charge in [-0.15, -0.1) is 0 Å². The average Bonchev–Trinajstić information content (AvgIpc) is 2.79. The molecule has 2 heteroatoms. The van der Waals surface area contributed by atoms with E-state index >= 15 is 0 Å². The van der Waals surface area contributed by atoms with Crippen molar-refractivity contribution in [3.05, 3.63) is 22.4 Å². The average molecular weight is 237 g/mol. The van der Waals surface area contributed by atoms with Crippen molar-refractivity contribution in [2.75, 3.05) is 6.54 Å². The van der Waals surface area contributed by atoms with Crippen molar-refractivity contribution in [2.45, 2.75) is 51.5 Å². The van der Waals surface area contributed by atoms with Gasteiger partial charge in [0.05, 0.1) is 0 Å². The summed E-state index contributed by atoms with van der Waals surface area (Å²) in [6, 6.07) is 3.02. The van der Waals surface area contributed by atoms with Crippen molar-refractivity contribution in [1.29, 1.82) is 0 Å². The Morgan fingerprint density at radius 2 is 2.38 bits per heavy atom. The third kappa shape index (κ3) is 3.33. The standard InChI is InChI=1S/C14H23NS/c1-11-4-3-5-14(8-11)15-9-12(2)13-6-7-16-10-13/h6-7,10-12,14-15H,3-5,8-9H2,1-2H3. The van der Waals surface area contributed by atoms with Crippen molar-refractivity contribution in [3.8, 4) is 0 Å². The van der Waals surface area contributed by atoms with E-state index in [0.717, 1.165) is 18.5 Å². The van der Waals surface area contributed by atoms with E-state index in [2.05, 4.69) is 36.0 Å². The Morgan fingerprint density at radius 1 is 1.50 bits per heavy atom. The molecule has 0 bridgehead atoms. The normalized spacial score (nSPS) is 27.9. The van der Waals surface area contributed by atoms with Crippen LogP contribution >= 0.6 is 11.3 Å². The SMILES string of the molecule is CC1CCCC(NCC(C)c2ccsc2)C1. The minimum atomic E-state index is 0.656. The van der Waals surface area contributed by atoms with Gasteiger partial charge in [-0.05, 0) is 47.1 Å². The molecule has 3 unspecified atom stereocenters. The highest BCUT2D eigenvalue weighted by atomic mass is 32.1. The molecule has 1 heterocycles. The van der Waals surface area contributed by atoms with Gasteiger partial charge in [0.15, 0.2) is 0 Å². The second kappa shape index (κ2) is 5.83. The Labute approximate surface area is 103 Å². The van der Waals surface area contributed by atoms with E-state index in [9.17, 15) is 0 Å². The van der Waals surface area contributed by atoms with E-state index in [1.807, 2.05) is 0 Å². The predicted molar refractivity (Wildman–Crippen MR) is 72.2 cm³/mol. The Balaban J connectivity index is 1.74. The molecule has 0 spiro atoms. The van der Waals surface area contributed by atoms with E-state index in [0.29, 0.717) is 5.92 Å². The van der Waals surface area contributed by atoms with Gasteiger partial charge in [-0.2, -0.15) is 11.3 Å². The van der Waals surface area contributed by atoms with Gasteiger partial charge < -0.3 is 5.32 Å². The summed E-state index contributed by atoms with van der Waals surface area (Å²) in [6.45, 7) is 5.84. The maximum Gasteiger partial charge on any atom is 0.00698 e. The first-order chi connectivity index (χ1) is 7.75. The van der Waals surface area contributed by atoms with Crippen molar-refractivity contribution >= 4 is 11.3 Å². The van der Waals surface area contributed by atoms with Crippen molar-refractivity contribution in [2.24, 2.45) is 5.92 Å². The highest BCUT2D eigenvalue weighted by Gasteiger charge is 2.18. The largest absolute Gasteiger partial charge is 0.313 e. The molecule has 1 aromatic heterocycles. The molecule has 3 atom stereocenters. The Hall–Kier alpha value is -0.340. The number of hydrogen-bond acceptors (Lipinski definition) is 2. The monoisotopic (exact) mass is 237 g/mol. The lowest BCUT2D eigenvalue weighted by Gasteiger charge is -2.28. The van der Waals surface area contributed by atoms with Crippen LogP contribution in [0.1, 0.15) is 51.0 Å². The lowest BCUT2D eigenvalue weighted by molar-refractivity contribution is 0.299. The summed E-state index contributed by atoms with van der Waals surface area (Å²) in [5, 5.41) is 8.19. The molecule has 0 aromatic carbocycles. The smallest absolute Gasteiger partial charge is 0.00698 e. The Bertz CT molecular complexity index is 294. The zero-order valence-corrected chi connectivity index (χ0v) is 11.2. The molecule has 1 nitrogen and oxygen atoms in total. The van der Waals surface area contributed by atoms with Crippen molar-refractivity contribution in [1.82, 2.24) is 5.32 Å². The second-order valence-electron chi connectivity index (χ2n) is 5.33. The van der Waals surface area contributed by atoms with Gasteiger partial charge in [0.1, 0.15) is 0 Å². The fourth-order valence-electron chi connectivity index (χ4n) is 2.64. The molecular weight excluding hydrogens is 214 g/mol. The van der Waals surface area contributed by atoms with Crippen LogP contribution in [-0.2, 0) is 0 Å². The van der Waals surface area contributed by atoms with Crippen LogP contribution in [0.2, 0.25) is 0 Å². The highest BCUT2D eigenvalue weighted by Crippen LogP contribution is 2.24. The van der Waals surface area contributed by atoms with Crippen molar-refractivity contribution < 1.29 is 0 Å². The third-order valence-electron chi connectivity index (χ3n) is 3.76. The summed E-state index contributed by atoms with van der Waals surface area (Å²) < 4.78 is 0. The molecule has 1 N–H and O–H groups in total. The van der Waals surface area contributed by atoms with Gasteiger partial charge in [0, 0.05) is 12.6 Å². The van der Waals surface area contributed by atoms with Gasteiger partial charge in [-0.3, -0.25) is 0 Å². The fraction of sp³-hybridized carbons (Fsp3) is 0.714. The minimum Gasteiger partial charge on any atom is -0.313 e. The molecule has 1 aliphatic carbocycles. The molecule has 0 saturated heterocycles. The van der Waals surface area contributed by atoms with E-state index < -0.39 is 0 Å². The molecule has 90 valence electrons. The van der Waals surface area contributed by atoms with Gasteiger partial charge in [0.25, 0.3) is 0 Å². The first-order valence-electron chi connectivity index (χ1n) is 6.51. The molecule has 2 rings (SSSR count). The molecule has 0 aliphatic heterocycles.